The molecule has 1 unspecified atom stereocenters. The third-order valence-electron chi connectivity index (χ3n) is 2.69. The van der Waals surface area contributed by atoms with Gasteiger partial charge in [0.25, 0.3) is 0 Å². The molecule has 0 spiro atoms. The molecule has 0 bridgehead atoms. The lowest BCUT2D eigenvalue weighted by molar-refractivity contribution is 0.441. The van der Waals surface area contributed by atoms with E-state index in [1.807, 2.05) is 11.3 Å². The van der Waals surface area contributed by atoms with Crippen molar-refractivity contribution in [3.8, 4) is 0 Å². The molecule has 1 aromatic rings. The molecule has 0 saturated carbocycles. The van der Waals surface area contributed by atoms with Gasteiger partial charge in [-0.15, -0.1) is 11.3 Å². The Balaban J connectivity index is 1.65. The molecule has 1 N–H and O–H groups in total. The van der Waals surface area contributed by atoms with Gasteiger partial charge in [-0.3, -0.25) is 0 Å². The molecule has 1 heterocycles. The van der Waals surface area contributed by atoms with Crippen LogP contribution >= 0.6 is 11.3 Å². The summed E-state index contributed by atoms with van der Waals surface area (Å²) in [6, 6.07) is 4.31. The lowest BCUT2D eigenvalue weighted by atomic mass is 9.94. The van der Waals surface area contributed by atoms with Crippen LogP contribution < -0.4 is 5.32 Å². The lowest BCUT2D eigenvalue weighted by Gasteiger charge is -2.17. The summed E-state index contributed by atoms with van der Waals surface area (Å²) >= 11 is 1.83. The summed E-state index contributed by atoms with van der Waals surface area (Å²) in [6.45, 7) is 2.21. The van der Waals surface area contributed by atoms with Crippen molar-refractivity contribution in [2.75, 3.05) is 6.54 Å². The Morgan fingerprint density at radius 1 is 1.43 bits per heavy atom. The highest BCUT2D eigenvalue weighted by molar-refractivity contribution is 7.09. The molecular weight excluding hydrogens is 190 g/mol. The first-order valence-corrected chi connectivity index (χ1v) is 6.21. The van der Waals surface area contributed by atoms with E-state index in [1.54, 1.807) is 0 Å². The first-order chi connectivity index (χ1) is 6.95. The third kappa shape index (κ3) is 2.96. The second-order valence-corrected chi connectivity index (χ2v) is 4.89. The maximum absolute atomic E-state index is 3.53. The zero-order valence-corrected chi connectivity index (χ0v) is 9.22. The Hall–Kier alpha value is -0.600. The molecule has 0 radical (unpaired) electrons. The van der Waals surface area contributed by atoms with Crippen LogP contribution in [0.4, 0.5) is 0 Å². The fourth-order valence-electron chi connectivity index (χ4n) is 1.85. The second-order valence-electron chi connectivity index (χ2n) is 3.86. The molecular formula is C12H17NS. The second kappa shape index (κ2) is 5.32. The van der Waals surface area contributed by atoms with Crippen LogP contribution in [0.2, 0.25) is 0 Å². The fraction of sp³-hybridized carbons (Fsp3) is 0.500. The number of allylic oxidation sites excluding steroid dienone is 2. The quantitative estimate of drug-likeness (QED) is 0.748. The van der Waals surface area contributed by atoms with Gasteiger partial charge in [0, 0.05) is 11.4 Å². The van der Waals surface area contributed by atoms with Crippen molar-refractivity contribution in [1.29, 1.82) is 0 Å². The maximum atomic E-state index is 3.53. The van der Waals surface area contributed by atoms with Crippen LogP contribution in [0.5, 0.6) is 0 Å². The van der Waals surface area contributed by atoms with Gasteiger partial charge in [0.1, 0.15) is 0 Å². The molecule has 0 aromatic carbocycles. The SMILES string of the molecule is C1=CCC(CNCc2cccs2)CC1. The average Bonchev–Trinajstić information content (AvgIpc) is 2.72. The summed E-state index contributed by atoms with van der Waals surface area (Å²) in [5.74, 6) is 0.861. The van der Waals surface area contributed by atoms with Crippen molar-refractivity contribution >= 4 is 11.3 Å². The van der Waals surface area contributed by atoms with E-state index in [1.165, 1.54) is 30.7 Å². The Kier molecular flexibility index (Phi) is 3.78. The molecule has 0 fully saturated rings. The first-order valence-electron chi connectivity index (χ1n) is 5.33. The molecule has 0 saturated heterocycles. The summed E-state index contributed by atoms with van der Waals surface area (Å²) in [5.41, 5.74) is 0. The summed E-state index contributed by atoms with van der Waals surface area (Å²) < 4.78 is 0. The van der Waals surface area contributed by atoms with Crippen LogP contribution in [-0.4, -0.2) is 6.54 Å². The smallest absolute Gasteiger partial charge is 0.0299 e. The van der Waals surface area contributed by atoms with Gasteiger partial charge < -0.3 is 5.32 Å². The molecule has 2 heteroatoms. The van der Waals surface area contributed by atoms with Gasteiger partial charge in [-0.05, 0) is 43.2 Å². The Labute approximate surface area is 89.8 Å². The standard InChI is InChI=1S/C12H17NS/c1-2-5-11(6-3-1)9-13-10-12-7-4-8-14-12/h1-2,4,7-8,11,13H,3,5-6,9-10H2. The molecule has 0 amide bonds. The molecule has 0 aliphatic heterocycles. The van der Waals surface area contributed by atoms with E-state index in [0.717, 1.165) is 12.5 Å². The molecule has 1 aliphatic carbocycles. The van der Waals surface area contributed by atoms with Crippen LogP contribution in [0.1, 0.15) is 24.1 Å². The maximum Gasteiger partial charge on any atom is 0.0299 e. The van der Waals surface area contributed by atoms with E-state index in [2.05, 4.69) is 35.0 Å². The number of thiophene rings is 1. The zero-order valence-electron chi connectivity index (χ0n) is 8.41. The topological polar surface area (TPSA) is 12.0 Å². The monoisotopic (exact) mass is 207 g/mol. The van der Waals surface area contributed by atoms with Crippen molar-refractivity contribution in [3.05, 3.63) is 34.5 Å². The summed E-state index contributed by atoms with van der Waals surface area (Å²) in [5, 5.41) is 5.67. The van der Waals surface area contributed by atoms with E-state index in [4.69, 9.17) is 0 Å². The van der Waals surface area contributed by atoms with E-state index in [-0.39, 0.29) is 0 Å². The molecule has 14 heavy (non-hydrogen) atoms. The minimum absolute atomic E-state index is 0.861. The Morgan fingerprint density at radius 3 is 3.14 bits per heavy atom. The van der Waals surface area contributed by atoms with Crippen LogP contribution in [0.25, 0.3) is 0 Å². The van der Waals surface area contributed by atoms with Gasteiger partial charge >= 0.3 is 0 Å². The minimum Gasteiger partial charge on any atom is -0.312 e. The fourth-order valence-corrected chi connectivity index (χ4v) is 2.53. The van der Waals surface area contributed by atoms with E-state index in [0.29, 0.717) is 0 Å². The molecule has 1 atom stereocenters. The number of hydrogen-bond donors (Lipinski definition) is 1. The average molecular weight is 207 g/mol. The Bertz CT molecular complexity index is 277. The van der Waals surface area contributed by atoms with Crippen molar-refractivity contribution < 1.29 is 0 Å². The summed E-state index contributed by atoms with van der Waals surface area (Å²) in [4.78, 5) is 1.44. The molecule has 1 nitrogen and oxygen atoms in total. The van der Waals surface area contributed by atoms with Gasteiger partial charge in [-0.1, -0.05) is 18.2 Å². The predicted octanol–water partition coefficient (Wildman–Crippen LogP) is 3.19. The van der Waals surface area contributed by atoms with E-state index in [9.17, 15) is 0 Å². The van der Waals surface area contributed by atoms with Crippen molar-refractivity contribution in [2.45, 2.75) is 25.8 Å². The van der Waals surface area contributed by atoms with Crippen molar-refractivity contribution in [3.63, 3.8) is 0 Å². The van der Waals surface area contributed by atoms with Crippen LogP contribution in [0.15, 0.2) is 29.7 Å². The lowest BCUT2D eigenvalue weighted by Crippen LogP contribution is -2.22. The van der Waals surface area contributed by atoms with Gasteiger partial charge in [0.05, 0.1) is 0 Å². The van der Waals surface area contributed by atoms with Crippen LogP contribution in [-0.2, 0) is 6.54 Å². The van der Waals surface area contributed by atoms with E-state index < -0.39 is 0 Å². The van der Waals surface area contributed by atoms with Gasteiger partial charge in [-0.25, -0.2) is 0 Å². The van der Waals surface area contributed by atoms with Crippen LogP contribution in [0.3, 0.4) is 0 Å². The van der Waals surface area contributed by atoms with Gasteiger partial charge in [0.15, 0.2) is 0 Å². The van der Waals surface area contributed by atoms with E-state index >= 15 is 0 Å². The molecule has 76 valence electrons. The highest BCUT2D eigenvalue weighted by Crippen LogP contribution is 2.17. The third-order valence-corrected chi connectivity index (χ3v) is 3.57. The van der Waals surface area contributed by atoms with Crippen molar-refractivity contribution in [2.24, 2.45) is 5.92 Å². The summed E-state index contributed by atoms with van der Waals surface area (Å²) in [7, 11) is 0. The predicted molar refractivity (Wildman–Crippen MR) is 62.5 cm³/mol. The minimum atomic E-state index is 0.861. The first kappa shape index (κ1) is 9.94. The number of nitrogens with one attached hydrogen (secondary N) is 1. The van der Waals surface area contributed by atoms with Crippen LogP contribution in [0, 0.1) is 5.92 Å². The van der Waals surface area contributed by atoms with Gasteiger partial charge in [-0.2, -0.15) is 0 Å². The van der Waals surface area contributed by atoms with Gasteiger partial charge in [0.2, 0.25) is 0 Å². The molecule has 2 rings (SSSR count). The number of rotatable bonds is 4. The Morgan fingerprint density at radius 2 is 2.43 bits per heavy atom. The normalized spacial score (nSPS) is 21.3. The van der Waals surface area contributed by atoms with Crippen molar-refractivity contribution in [1.82, 2.24) is 5.32 Å². The zero-order chi connectivity index (χ0) is 9.64. The molecule has 1 aromatic heterocycles. The highest BCUT2D eigenvalue weighted by Gasteiger charge is 2.08. The largest absolute Gasteiger partial charge is 0.312 e. The number of hydrogen-bond acceptors (Lipinski definition) is 2. The molecule has 1 aliphatic rings. The highest BCUT2D eigenvalue weighted by atomic mass is 32.1. The summed E-state index contributed by atoms with van der Waals surface area (Å²) in [6.07, 6.45) is 8.51.